The Bertz CT molecular complexity index is 909. The van der Waals surface area contributed by atoms with Crippen LogP contribution in [0.25, 0.3) is 0 Å². The number of rotatable bonds is 8. The third kappa shape index (κ3) is 5.92. The molecule has 3 aromatic rings. The molecule has 144 valence electrons. The largest absolute Gasteiger partial charge is 0.352 e. The van der Waals surface area contributed by atoms with Gasteiger partial charge in [-0.1, -0.05) is 35.9 Å². The number of carbonyl (C=O) groups excluding carboxylic acids is 2. The fraction of sp³-hybridized carbons (Fsp3) is 0.200. The van der Waals surface area contributed by atoms with Crippen molar-refractivity contribution in [2.24, 2.45) is 0 Å². The van der Waals surface area contributed by atoms with E-state index in [2.05, 4.69) is 20.7 Å². The van der Waals surface area contributed by atoms with Crippen molar-refractivity contribution < 1.29 is 9.59 Å². The number of nitrogens with one attached hydrogen (secondary N) is 2. The zero-order valence-corrected chi connectivity index (χ0v) is 15.9. The fourth-order valence-electron chi connectivity index (χ4n) is 2.55. The molecule has 2 aromatic carbocycles. The second kappa shape index (κ2) is 9.66. The molecule has 1 aromatic heterocycles. The molecule has 0 saturated heterocycles. The number of aromatic nitrogens is 3. The Kier molecular flexibility index (Phi) is 6.75. The Balaban J connectivity index is 1.37. The van der Waals surface area contributed by atoms with Gasteiger partial charge in [-0.05, 0) is 35.4 Å². The van der Waals surface area contributed by atoms with Crippen molar-refractivity contribution in [2.45, 2.75) is 19.5 Å². The predicted molar refractivity (Wildman–Crippen MR) is 106 cm³/mol. The van der Waals surface area contributed by atoms with Gasteiger partial charge in [0, 0.05) is 30.1 Å². The van der Waals surface area contributed by atoms with Crippen molar-refractivity contribution in [3.63, 3.8) is 0 Å². The molecule has 0 aliphatic carbocycles. The molecule has 0 spiro atoms. The van der Waals surface area contributed by atoms with Gasteiger partial charge >= 0.3 is 0 Å². The van der Waals surface area contributed by atoms with Crippen LogP contribution < -0.4 is 10.6 Å². The molecule has 0 atom stereocenters. The van der Waals surface area contributed by atoms with E-state index in [1.165, 1.54) is 6.33 Å². The zero-order chi connectivity index (χ0) is 19.8. The Morgan fingerprint density at radius 1 is 0.964 bits per heavy atom. The molecule has 28 heavy (non-hydrogen) atoms. The summed E-state index contributed by atoms with van der Waals surface area (Å²) in [5, 5.41) is 10.2. The summed E-state index contributed by atoms with van der Waals surface area (Å²) < 4.78 is 1.75. The molecular weight excluding hydrogens is 378 g/mol. The summed E-state index contributed by atoms with van der Waals surface area (Å²) in [6.07, 6.45) is 3.38. The Morgan fingerprint density at radius 3 is 2.36 bits per heavy atom. The number of nitrogens with zero attached hydrogens (tertiary/aromatic N) is 3. The SMILES string of the molecule is O=C(CCNC(=O)c1ccc(Cl)cc1)NCc1ccc(Cn2cncn2)cc1. The molecule has 2 N–H and O–H groups in total. The first-order valence-electron chi connectivity index (χ1n) is 8.81. The minimum Gasteiger partial charge on any atom is -0.352 e. The summed E-state index contributed by atoms with van der Waals surface area (Å²) in [6, 6.07) is 14.5. The quantitative estimate of drug-likeness (QED) is 0.611. The van der Waals surface area contributed by atoms with E-state index in [1.807, 2.05) is 24.3 Å². The lowest BCUT2D eigenvalue weighted by Crippen LogP contribution is -2.30. The Labute approximate surface area is 167 Å². The van der Waals surface area contributed by atoms with Crippen LogP contribution in [0.1, 0.15) is 27.9 Å². The Morgan fingerprint density at radius 2 is 1.68 bits per heavy atom. The van der Waals surface area contributed by atoms with Crippen molar-refractivity contribution in [1.82, 2.24) is 25.4 Å². The van der Waals surface area contributed by atoms with Crippen molar-refractivity contribution in [3.05, 3.63) is 82.9 Å². The van der Waals surface area contributed by atoms with E-state index < -0.39 is 0 Å². The van der Waals surface area contributed by atoms with Gasteiger partial charge in [0.2, 0.25) is 5.91 Å². The van der Waals surface area contributed by atoms with Crippen LogP contribution in [0.15, 0.2) is 61.2 Å². The van der Waals surface area contributed by atoms with Crippen molar-refractivity contribution in [1.29, 1.82) is 0 Å². The van der Waals surface area contributed by atoms with Crippen LogP contribution >= 0.6 is 11.6 Å². The number of hydrogen-bond acceptors (Lipinski definition) is 4. The predicted octanol–water partition coefficient (Wildman–Crippen LogP) is 2.42. The number of halogens is 1. The smallest absolute Gasteiger partial charge is 0.251 e. The Hall–Kier alpha value is -3.19. The highest BCUT2D eigenvalue weighted by molar-refractivity contribution is 6.30. The van der Waals surface area contributed by atoms with E-state index in [-0.39, 0.29) is 24.8 Å². The average Bonchev–Trinajstić information content (AvgIpc) is 3.21. The average molecular weight is 398 g/mol. The minimum absolute atomic E-state index is 0.122. The van der Waals surface area contributed by atoms with E-state index in [9.17, 15) is 9.59 Å². The molecule has 1 heterocycles. The monoisotopic (exact) mass is 397 g/mol. The first-order chi connectivity index (χ1) is 13.6. The lowest BCUT2D eigenvalue weighted by Gasteiger charge is -2.08. The van der Waals surface area contributed by atoms with Gasteiger partial charge in [-0.25, -0.2) is 9.67 Å². The second-order valence-electron chi connectivity index (χ2n) is 6.20. The van der Waals surface area contributed by atoms with Gasteiger partial charge in [-0.2, -0.15) is 5.10 Å². The van der Waals surface area contributed by atoms with E-state index >= 15 is 0 Å². The maximum absolute atomic E-state index is 12.0. The van der Waals surface area contributed by atoms with Crippen LogP contribution in [0.4, 0.5) is 0 Å². The van der Waals surface area contributed by atoms with Gasteiger partial charge in [0.1, 0.15) is 12.7 Å². The standard InChI is InChI=1S/C20H20ClN5O2/c21-18-7-5-17(6-8-18)20(28)23-10-9-19(27)24-11-15-1-3-16(4-2-15)12-26-14-22-13-25-26/h1-8,13-14H,9-12H2,(H,23,28)(H,24,27). The number of carbonyl (C=O) groups is 2. The highest BCUT2D eigenvalue weighted by Gasteiger charge is 2.07. The molecule has 7 nitrogen and oxygen atoms in total. The summed E-state index contributed by atoms with van der Waals surface area (Å²) in [7, 11) is 0. The molecule has 8 heteroatoms. The van der Waals surface area contributed by atoms with E-state index in [1.54, 1.807) is 35.3 Å². The molecular formula is C20H20ClN5O2. The van der Waals surface area contributed by atoms with Crippen molar-refractivity contribution >= 4 is 23.4 Å². The lowest BCUT2D eigenvalue weighted by atomic mass is 10.1. The van der Waals surface area contributed by atoms with Crippen LogP contribution in [0.5, 0.6) is 0 Å². The van der Waals surface area contributed by atoms with E-state index in [4.69, 9.17) is 11.6 Å². The highest BCUT2D eigenvalue weighted by Crippen LogP contribution is 2.09. The van der Waals surface area contributed by atoms with Crippen LogP contribution in [-0.4, -0.2) is 33.1 Å². The topological polar surface area (TPSA) is 88.9 Å². The van der Waals surface area contributed by atoms with Crippen LogP contribution in [-0.2, 0) is 17.9 Å². The maximum atomic E-state index is 12.0. The lowest BCUT2D eigenvalue weighted by molar-refractivity contribution is -0.121. The molecule has 2 amide bonds. The summed E-state index contributed by atoms with van der Waals surface area (Å²) in [6.45, 7) is 1.36. The molecule has 0 unspecified atom stereocenters. The van der Waals surface area contributed by atoms with Crippen LogP contribution in [0.3, 0.4) is 0 Å². The van der Waals surface area contributed by atoms with Gasteiger partial charge in [-0.3, -0.25) is 9.59 Å². The third-order valence-corrected chi connectivity index (χ3v) is 4.32. The van der Waals surface area contributed by atoms with E-state index in [0.29, 0.717) is 23.7 Å². The molecule has 0 aliphatic rings. The maximum Gasteiger partial charge on any atom is 0.251 e. The molecule has 0 fully saturated rings. The fourth-order valence-corrected chi connectivity index (χ4v) is 2.67. The number of hydrogen-bond donors (Lipinski definition) is 2. The van der Waals surface area contributed by atoms with Gasteiger partial charge < -0.3 is 10.6 Å². The van der Waals surface area contributed by atoms with Gasteiger partial charge in [0.05, 0.1) is 6.54 Å². The minimum atomic E-state index is -0.229. The summed E-state index contributed by atoms with van der Waals surface area (Å²) in [4.78, 5) is 27.8. The zero-order valence-electron chi connectivity index (χ0n) is 15.1. The first kappa shape index (κ1) is 19.6. The van der Waals surface area contributed by atoms with E-state index in [0.717, 1.165) is 11.1 Å². The summed E-state index contributed by atoms with van der Waals surface area (Å²) >= 11 is 5.80. The van der Waals surface area contributed by atoms with Crippen molar-refractivity contribution in [3.8, 4) is 0 Å². The van der Waals surface area contributed by atoms with Crippen molar-refractivity contribution in [2.75, 3.05) is 6.54 Å². The first-order valence-corrected chi connectivity index (χ1v) is 9.18. The molecule has 0 bridgehead atoms. The normalized spacial score (nSPS) is 10.5. The van der Waals surface area contributed by atoms with Gasteiger partial charge in [0.15, 0.2) is 0 Å². The molecule has 0 aliphatic heterocycles. The number of amides is 2. The number of benzene rings is 2. The van der Waals surface area contributed by atoms with Crippen LogP contribution in [0.2, 0.25) is 5.02 Å². The summed E-state index contributed by atoms with van der Waals surface area (Å²) in [5.74, 6) is -0.351. The highest BCUT2D eigenvalue weighted by atomic mass is 35.5. The molecule has 0 radical (unpaired) electrons. The molecule has 3 rings (SSSR count). The summed E-state index contributed by atoms with van der Waals surface area (Å²) in [5.41, 5.74) is 2.61. The van der Waals surface area contributed by atoms with Gasteiger partial charge in [-0.15, -0.1) is 0 Å². The van der Waals surface area contributed by atoms with Gasteiger partial charge in [0.25, 0.3) is 5.91 Å². The second-order valence-corrected chi connectivity index (χ2v) is 6.64. The molecule has 0 saturated carbocycles. The third-order valence-electron chi connectivity index (χ3n) is 4.07. The van der Waals surface area contributed by atoms with Crippen LogP contribution in [0, 0.1) is 0 Å².